The van der Waals surface area contributed by atoms with Crippen molar-refractivity contribution in [1.82, 2.24) is 9.55 Å². The molecule has 0 radical (unpaired) electrons. The highest BCUT2D eigenvalue weighted by Gasteiger charge is 2.07. The standard InChI is InChI=1S/C18H17N3O2/c1-13(22)20-16-7-5-15(6-8-16)18-19-9-10-21(18)12-14-3-2-4-17(23)11-14/h2-11,23H,12H2,1H3,(H,20,22). The summed E-state index contributed by atoms with van der Waals surface area (Å²) in [5.74, 6) is 0.995. The van der Waals surface area contributed by atoms with Gasteiger partial charge in [0.05, 0.1) is 0 Å². The molecule has 1 heterocycles. The predicted octanol–water partition coefficient (Wildman–Crippen LogP) is 3.26. The third-order valence-electron chi connectivity index (χ3n) is 3.44. The van der Waals surface area contributed by atoms with Crippen molar-refractivity contribution in [2.24, 2.45) is 0 Å². The molecule has 2 N–H and O–H groups in total. The fourth-order valence-corrected chi connectivity index (χ4v) is 2.45. The van der Waals surface area contributed by atoms with E-state index in [9.17, 15) is 9.90 Å². The average Bonchev–Trinajstić information content (AvgIpc) is 2.95. The number of amides is 1. The van der Waals surface area contributed by atoms with Crippen molar-refractivity contribution in [1.29, 1.82) is 0 Å². The lowest BCUT2D eigenvalue weighted by atomic mass is 10.1. The van der Waals surface area contributed by atoms with Crippen LogP contribution in [-0.4, -0.2) is 20.6 Å². The molecule has 3 aromatic rings. The number of benzene rings is 2. The van der Waals surface area contributed by atoms with Crippen LogP contribution in [0.5, 0.6) is 5.75 Å². The normalized spacial score (nSPS) is 10.5. The first-order valence-corrected chi connectivity index (χ1v) is 7.29. The summed E-state index contributed by atoms with van der Waals surface area (Å²) in [6, 6.07) is 14.7. The van der Waals surface area contributed by atoms with E-state index in [0.29, 0.717) is 6.54 Å². The van der Waals surface area contributed by atoms with E-state index in [1.807, 2.05) is 47.2 Å². The number of rotatable bonds is 4. The second-order valence-corrected chi connectivity index (χ2v) is 5.31. The highest BCUT2D eigenvalue weighted by atomic mass is 16.3. The van der Waals surface area contributed by atoms with Crippen molar-refractivity contribution in [2.45, 2.75) is 13.5 Å². The van der Waals surface area contributed by atoms with Crippen LogP contribution in [0.15, 0.2) is 60.9 Å². The number of aromatic nitrogens is 2. The van der Waals surface area contributed by atoms with E-state index < -0.39 is 0 Å². The Labute approximate surface area is 134 Å². The van der Waals surface area contributed by atoms with Crippen LogP contribution >= 0.6 is 0 Å². The first-order valence-electron chi connectivity index (χ1n) is 7.29. The third kappa shape index (κ3) is 3.58. The first-order chi connectivity index (χ1) is 11.1. The lowest BCUT2D eigenvalue weighted by molar-refractivity contribution is -0.114. The monoisotopic (exact) mass is 307 g/mol. The van der Waals surface area contributed by atoms with Crippen LogP contribution in [0.4, 0.5) is 5.69 Å². The van der Waals surface area contributed by atoms with Gasteiger partial charge in [-0.3, -0.25) is 4.79 Å². The van der Waals surface area contributed by atoms with E-state index in [2.05, 4.69) is 10.3 Å². The van der Waals surface area contributed by atoms with E-state index >= 15 is 0 Å². The molecule has 0 bridgehead atoms. The maximum atomic E-state index is 11.1. The van der Waals surface area contributed by atoms with Gasteiger partial charge in [-0.05, 0) is 42.0 Å². The van der Waals surface area contributed by atoms with Crippen LogP contribution < -0.4 is 5.32 Å². The minimum absolute atomic E-state index is 0.0943. The van der Waals surface area contributed by atoms with E-state index in [4.69, 9.17) is 0 Å². The van der Waals surface area contributed by atoms with Gasteiger partial charge in [0.15, 0.2) is 0 Å². The zero-order valence-corrected chi connectivity index (χ0v) is 12.7. The molecule has 23 heavy (non-hydrogen) atoms. The molecule has 0 spiro atoms. The van der Waals surface area contributed by atoms with Gasteiger partial charge in [0, 0.05) is 37.1 Å². The fraction of sp³-hybridized carbons (Fsp3) is 0.111. The molecule has 0 unspecified atom stereocenters. The molecule has 0 aliphatic rings. The number of imidazole rings is 1. The number of anilines is 1. The Bertz CT molecular complexity index is 822. The summed E-state index contributed by atoms with van der Waals surface area (Å²) < 4.78 is 2.02. The molecule has 0 aliphatic heterocycles. The zero-order chi connectivity index (χ0) is 16.2. The molecule has 0 aliphatic carbocycles. The van der Waals surface area contributed by atoms with Crippen molar-refractivity contribution >= 4 is 11.6 Å². The number of hydrogen-bond donors (Lipinski definition) is 2. The lowest BCUT2D eigenvalue weighted by Gasteiger charge is -2.09. The van der Waals surface area contributed by atoms with E-state index in [0.717, 1.165) is 22.6 Å². The van der Waals surface area contributed by atoms with Gasteiger partial charge in [-0.15, -0.1) is 0 Å². The van der Waals surface area contributed by atoms with Gasteiger partial charge < -0.3 is 15.0 Å². The average molecular weight is 307 g/mol. The zero-order valence-electron chi connectivity index (χ0n) is 12.7. The molecular formula is C18H17N3O2. The number of nitrogens with one attached hydrogen (secondary N) is 1. The Morgan fingerprint density at radius 2 is 2.00 bits per heavy atom. The van der Waals surface area contributed by atoms with Crippen molar-refractivity contribution in [3.8, 4) is 17.1 Å². The van der Waals surface area contributed by atoms with E-state index in [-0.39, 0.29) is 11.7 Å². The molecule has 1 aromatic heterocycles. The summed E-state index contributed by atoms with van der Waals surface area (Å²) >= 11 is 0. The quantitative estimate of drug-likeness (QED) is 0.777. The number of hydrogen-bond acceptors (Lipinski definition) is 3. The molecule has 5 nitrogen and oxygen atoms in total. The summed E-state index contributed by atoms with van der Waals surface area (Å²) in [5.41, 5.74) is 2.72. The summed E-state index contributed by atoms with van der Waals surface area (Å²) in [4.78, 5) is 15.5. The second-order valence-electron chi connectivity index (χ2n) is 5.31. The Morgan fingerprint density at radius 3 is 2.70 bits per heavy atom. The molecule has 5 heteroatoms. The highest BCUT2D eigenvalue weighted by molar-refractivity contribution is 5.88. The molecule has 0 fully saturated rings. The molecule has 0 atom stereocenters. The van der Waals surface area contributed by atoms with Gasteiger partial charge in [0.1, 0.15) is 11.6 Å². The molecular weight excluding hydrogens is 290 g/mol. The van der Waals surface area contributed by atoms with Gasteiger partial charge in [0.2, 0.25) is 5.91 Å². The van der Waals surface area contributed by atoms with Crippen LogP contribution in [-0.2, 0) is 11.3 Å². The Kier molecular flexibility index (Phi) is 4.10. The maximum Gasteiger partial charge on any atom is 0.221 e. The topological polar surface area (TPSA) is 67.2 Å². The Balaban J connectivity index is 1.84. The number of nitrogens with zero attached hydrogens (tertiary/aromatic N) is 2. The molecule has 1 amide bonds. The van der Waals surface area contributed by atoms with Crippen LogP contribution in [0.2, 0.25) is 0 Å². The van der Waals surface area contributed by atoms with Crippen LogP contribution in [0.1, 0.15) is 12.5 Å². The number of carbonyl (C=O) groups excluding carboxylic acids is 1. The molecule has 3 rings (SSSR count). The van der Waals surface area contributed by atoms with Gasteiger partial charge in [-0.25, -0.2) is 4.98 Å². The molecule has 2 aromatic carbocycles. The van der Waals surface area contributed by atoms with Crippen LogP contribution in [0.3, 0.4) is 0 Å². The van der Waals surface area contributed by atoms with Crippen molar-refractivity contribution in [3.63, 3.8) is 0 Å². The van der Waals surface area contributed by atoms with Crippen molar-refractivity contribution in [2.75, 3.05) is 5.32 Å². The fourth-order valence-electron chi connectivity index (χ4n) is 2.45. The minimum atomic E-state index is -0.0943. The number of phenols is 1. The summed E-state index contributed by atoms with van der Waals surface area (Å²) in [6.45, 7) is 2.10. The van der Waals surface area contributed by atoms with Crippen LogP contribution in [0.25, 0.3) is 11.4 Å². The largest absolute Gasteiger partial charge is 0.508 e. The summed E-state index contributed by atoms with van der Waals surface area (Å²) in [6.07, 6.45) is 3.65. The van der Waals surface area contributed by atoms with Gasteiger partial charge in [0.25, 0.3) is 0 Å². The maximum absolute atomic E-state index is 11.1. The summed E-state index contributed by atoms with van der Waals surface area (Å²) in [5, 5.41) is 12.3. The van der Waals surface area contributed by atoms with Gasteiger partial charge in [-0.1, -0.05) is 12.1 Å². The van der Waals surface area contributed by atoms with Crippen LogP contribution in [0, 0.1) is 0 Å². The smallest absolute Gasteiger partial charge is 0.221 e. The van der Waals surface area contributed by atoms with E-state index in [1.165, 1.54) is 6.92 Å². The minimum Gasteiger partial charge on any atom is -0.508 e. The van der Waals surface area contributed by atoms with Gasteiger partial charge in [-0.2, -0.15) is 0 Å². The number of phenolic OH excluding ortho intramolecular Hbond substituents is 1. The highest BCUT2D eigenvalue weighted by Crippen LogP contribution is 2.21. The van der Waals surface area contributed by atoms with E-state index in [1.54, 1.807) is 18.3 Å². The molecule has 0 saturated carbocycles. The van der Waals surface area contributed by atoms with Crippen molar-refractivity contribution < 1.29 is 9.90 Å². The third-order valence-corrected chi connectivity index (χ3v) is 3.44. The number of aromatic hydroxyl groups is 1. The summed E-state index contributed by atoms with van der Waals surface area (Å²) in [7, 11) is 0. The van der Waals surface area contributed by atoms with Crippen molar-refractivity contribution in [3.05, 3.63) is 66.5 Å². The Hall–Kier alpha value is -3.08. The predicted molar refractivity (Wildman–Crippen MR) is 89.2 cm³/mol. The Morgan fingerprint density at radius 1 is 1.22 bits per heavy atom. The van der Waals surface area contributed by atoms with Gasteiger partial charge >= 0.3 is 0 Å². The SMILES string of the molecule is CC(=O)Nc1ccc(-c2nccn2Cc2cccc(O)c2)cc1. The number of carbonyl (C=O) groups is 1. The lowest BCUT2D eigenvalue weighted by Crippen LogP contribution is -2.05. The first kappa shape index (κ1) is 14.8. The molecule has 0 saturated heterocycles. The second kappa shape index (κ2) is 6.36. The molecule has 116 valence electrons.